The van der Waals surface area contributed by atoms with Gasteiger partial charge in [-0.05, 0) is 68.7 Å². The van der Waals surface area contributed by atoms with Crippen LogP contribution in [-0.4, -0.2) is 38.9 Å². The van der Waals surface area contributed by atoms with Gasteiger partial charge in [-0.1, -0.05) is 17.7 Å². The number of benzene rings is 3. The van der Waals surface area contributed by atoms with Crippen molar-refractivity contribution in [1.82, 2.24) is 15.0 Å². The lowest BCUT2D eigenvalue weighted by Crippen LogP contribution is -2.20. The maximum Gasteiger partial charge on any atom is 0.293 e. The molecule has 1 aliphatic rings. The van der Waals surface area contributed by atoms with Crippen LogP contribution < -0.4 is 10.2 Å². The van der Waals surface area contributed by atoms with Crippen LogP contribution in [0.5, 0.6) is 0 Å². The summed E-state index contributed by atoms with van der Waals surface area (Å²) >= 11 is 0. The minimum absolute atomic E-state index is 0.0530. The van der Waals surface area contributed by atoms with E-state index in [1.54, 1.807) is 23.0 Å². The standard InChI is InChI=1S/C25H24N6O3/c1-16-5-8-19(9-6-16)30-27-21-13-17(2)20(15-22(21)28-30)26-25(32)18-7-10-23(24(14-18)31(33)34)29-11-3-4-12-29/h5-10,13-15H,3-4,11-12H2,1-2H3,(H,26,32). The fourth-order valence-electron chi connectivity index (χ4n) is 4.23. The summed E-state index contributed by atoms with van der Waals surface area (Å²) in [5, 5.41) is 23.6. The first kappa shape index (κ1) is 21.6. The molecule has 3 aromatic carbocycles. The molecule has 1 fully saturated rings. The lowest BCUT2D eigenvalue weighted by molar-refractivity contribution is -0.384. The zero-order valence-corrected chi connectivity index (χ0v) is 19.0. The lowest BCUT2D eigenvalue weighted by atomic mass is 10.1. The highest BCUT2D eigenvalue weighted by atomic mass is 16.6. The molecule has 4 aromatic rings. The molecule has 0 aliphatic carbocycles. The van der Waals surface area contributed by atoms with Crippen molar-refractivity contribution >= 4 is 34.0 Å². The third kappa shape index (κ3) is 4.07. The van der Waals surface area contributed by atoms with Crippen LogP contribution in [0.15, 0.2) is 54.6 Å². The van der Waals surface area contributed by atoms with Crippen LogP contribution in [0.3, 0.4) is 0 Å². The summed E-state index contributed by atoms with van der Waals surface area (Å²) in [4.78, 5) is 27.8. The van der Waals surface area contributed by atoms with Gasteiger partial charge in [-0.25, -0.2) is 0 Å². The molecule has 172 valence electrons. The van der Waals surface area contributed by atoms with Crippen molar-refractivity contribution in [2.24, 2.45) is 0 Å². The number of nitro benzene ring substituents is 1. The molecule has 1 saturated heterocycles. The van der Waals surface area contributed by atoms with Gasteiger partial charge in [0.2, 0.25) is 0 Å². The maximum absolute atomic E-state index is 13.0. The largest absolute Gasteiger partial charge is 0.366 e. The summed E-state index contributed by atoms with van der Waals surface area (Å²) in [7, 11) is 0. The quantitative estimate of drug-likeness (QED) is 0.342. The first-order chi connectivity index (χ1) is 16.4. The summed E-state index contributed by atoms with van der Waals surface area (Å²) < 4.78 is 0. The van der Waals surface area contributed by atoms with Crippen molar-refractivity contribution in [1.29, 1.82) is 0 Å². The smallest absolute Gasteiger partial charge is 0.293 e. The van der Waals surface area contributed by atoms with Crippen LogP contribution in [-0.2, 0) is 0 Å². The Bertz CT molecular complexity index is 1400. The van der Waals surface area contributed by atoms with E-state index in [2.05, 4.69) is 15.5 Å². The Labute approximate surface area is 196 Å². The summed E-state index contributed by atoms with van der Waals surface area (Å²) in [6.07, 6.45) is 2.02. The summed E-state index contributed by atoms with van der Waals surface area (Å²) in [5.74, 6) is -0.413. The van der Waals surface area contributed by atoms with E-state index >= 15 is 0 Å². The molecule has 1 amide bonds. The Balaban J connectivity index is 1.42. The van der Waals surface area contributed by atoms with E-state index in [9.17, 15) is 14.9 Å². The van der Waals surface area contributed by atoms with Crippen molar-refractivity contribution in [2.75, 3.05) is 23.3 Å². The van der Waals surface area contributed by atoms with E-state index in [0.29, 0.717) is 22.4 Å². The Kier molecular flexibility index (Phi) is 5.45. The number of carbonyl (C=O) groups is 1. The molecule has 5 rings (SSSR count). The number of hydrogen-bond acceptors (Lipinski definition) is 6. The number of fused-ring (bicyclic) bond motifs is 1. The highest BCUT2D eigenvalue weighted by Gasteiger charge is 2.24. The van der Waals surface area contributed by atoms with Gasteiger partial charge in [0, 0.05) is 30.4 Å². The maximum atomic E-state index is 13.0. The SMILES string of the molecule is Cc1ccc(-n2nc3cc(C)c(NC(=O)c4ccc(N5CCCC5)c([N+](=O)[O-])c4)cc3n2)cc1. The predicted molar refractivity (Wildman–Crippen MR) is 131 cm³/mol. The average molecular weight is 457 g/mol. The summed E-state index contributed by atoms with van der Waals surface area (Å²) in [6, 6.07) is 16.2. The van der Waals surface area contributed by atoms with Gasteiger partial charge in [0.05, 0.1) is 10.6 Å². The normalized spacial score (nSPS) is 13.4. The van der Waals surface area contributed by atoms with Gasteiger partial charge in [-0.2, -0.15) is 4.80 Å². The fraction of sp³-hybridized carbons (Fsp3) is 0.240. The summed E-state index contributed by atoms with van der Waals surface area (Å²) in [5.41, 5.74) is 5.48. The zero-order chi connectivity index (χ0) is 23.8. The highest BCUT2D eigenvalue weighted by molar-refractivity contribution is 6.06. The van der Waals surface area contributed by atoms with E-state index in [4.69, 9.17) is 0 Å². The lowest BCUT2D eigenvalue weighted by Gasteiger charge is -2.18. The van der Waals surface area contributed by atoms with Gasteiger partial charge in [-0.3, -0.25) is 14.9 Å². The number of nitro groups is 1. The molecule has 0 atom stereocenters. The van der Waals surface area contributed by atoms with Crippen molar-refractivity contribution in [3.05, 3.63) is 81.4 Å². The second kappa shape index (κ2) is 8.58. The van der Waals surface area contributed by atoms with Crippen molar-refractivity contribution in [3.63, 3.8) is 0 Å². The molecular weight excluding hydrogens is 432 g/mol. The average Bonchev–Trinajstić information content (AvgIpc) is 3.49. The number of aromatic nitrogens is 3. The van der Waals surface area contributed by atoms with E-state index in [0.717, 1.165) is 42.7 Å². The van der Waals surface area contributed by atoms with Crippen molar-refractivity contribution in [3.8, 4) is 5.69 Å². The second-order valence-electron chi connectivity index (χ2n) is 8.59. The van der Waals surface area contributed by atoms with Crippen molar-refractivity contribution in [2.45, 2.75) is 26.7 Å². The molecule has 0 unspecified atom stereocenters. The molecule has 1 aliphatic heterocycles. The number of carbonyl (C=O) groups excluding carboxylic acids is 1. The minimum Gasteiger partial charge on any atom is -0.366 e. The van der Waals surface area contributed by atoms with E-state index in [1.165, 1.54) is 6.07 Å². The fourth-order valence-corrected chi connectivity index (χ4v) is 4.23. The van der Waals surface area contributed by atoms with Crippen LogP contribution in [0, 0.1) is 24.0 Å². The third-order valence-electron chi connectivity index (χ3n) is 6.12. The van der Waals surface area contributed by atoms with E-state index < -0.39 is 10.8 Å². The molecule has 0 radical (unpaired) electrons. The Morgan fingerprint density at radius 2 is 1.65 bits per heavy atom. The number of nitrogens with zero attached hydrogens (tertiary/aromatic N) is 5. The van der Waals surface area contributed by atoms with Crippen molar-refractivity contribution < 1.29 is 9.72 Å². The number of amides is 1. The molecule has 2 heterocycles. The van der Waals surface area contributed by atoms with Gasteiger partial charge in [0.15, 0.2) is 0 Å². The van der Waals surface area contributed by atoms with Gasteiger partial charge < -0.3 is 10.2 Å². The zero-order valence-electron chi connectivity index (χ0n) is 19.0. The Morgan fingerprint density at radius 3 is 2.32 bits per heavy atom. The summed E-state index contributed by atoms with van der Waals surface area (Å²) in [6.45, 7) is 5.46. The predicted octanol–water partition coefficient (Wildman–Crippen LogP) is 4.80. The Morgan fingerprint density at radius 1 is 0.971 bits per heavy atom. The van der Waals surface area contributed by atoms with Crippen LogP contribution >= 0.6 is 0 Å². The van der Waals surface area contributed by atoms with Crippen LogP contribution in [0.25, 0.3) is 16.7 Å². The molecule has 1 N–H and O–H groups in total. The molecule has 9 nitrogen and oxygen atoms in total. The van der Waals surface area contributed by atoms with Gasteiger partial charge in [-0.15, -0.1) is 10.2 Å². The molecular formula is C25H24N6O3. The topological polar surface area (TPSA) is 106 Å². The second-order valence-corrected chi connectivity index (χ2v) is 8.59. The van der Waals surface area contributed by atoms with Gasteiger partial charge in [0.1, 0.15) is 16.7 Å². The molecule has 34 heavy (non-hydrogen) atoms. The first-order valence-electron chi connectivity index (χ1n) is 11.2. The third-order valence-corrected chi connectivity index (χ3v) is 6.12. The first-order valence-corrected chi connectivity index (χ1v) is 11.2. The van der Waals surface area contributed by atoms with E-state index in [-0.39, 0.29) is 11.3 Å². The number of rotatable bonds is 5. The number of anilines is 2. The van der Waals surface area contributed by atoms with Gasteiger partial charge >= 0.3 is 0 Å². The number of hydrogen-bond donors (Lipinski definition) is 1. The molecule has 0 saturated carbocycles. The van der Waals surface area contributed by atoms with Crippen LogP contribution in [0.1, 0.15) is 34.3 Å². The monoisotopic (exact) mass is 456 g/mol. The molecule has 9 heteroatoms. The van der Waals surface area contributed by atoms with Crippen LogP contribution in [0.4, 0.5) is 17.1 Å². The molecule has 0 bridgehead atoms. The Hall–Kier alpha value is -4.27. The van der Waals surface area contributed by atoms with E-state index in [1.807, 2.05) is 49.1 Å². The molecule has 1 aromatic heterocycles. The number of nitrogens with one attached hydrogen (secondary N) is 1. The van der Waals surface area contributed by atoms with Crippen LogP contribution in [0.2, 0.25) is 0 Å². The highest BCUT2D eigenvalue weighted by Crippen LogP contribution is 2.32. The molecule has 0 spiro atoms. The van der Waals surface area contributed by atoms with Gasteiger partial charge in [0.25, 0.3) is 11.6 Å². The minimum atomic E-state index is -0.425. The number of aryl methyl sites for hydroxylation is 2.